The van der Waals surface area contributed by atoms with Crippen LogP contribution >= 0.6 is 0 Å². The molecule has 7 heteroatoms. The van der Waals surface area contributed by atoms with Gasteiger partial charge in [0, 0.05) is 19.2 Å². The summed E-state index contributed by atoms with van der Waals surface area (Å²) in [6.07, 6.45) is 4.14. The molecule has 0 radical (unpaired) electrons. The van der Waals surface area contributed by atoms with E-state index in [1.807, 2.05) is 30.6 Å². The van der Waals surface area contributed by atoms with Crippen LogP contribution in [0.1, 0.15) is 16.9 Å². The molecule has 0 aliphatic rings. The van der Waals surface area contributed by atoms with Gasteiger partial charge in [-0.05, 0) is 30.7 Å². The van der Waals surface area contributed by atoms with Crippen molar-refractivity contribution >= 4 is 16.9 Å². The molecule has 4 rings (SSSR count). The number of aryl methyl sites for hydroxylation is 1. The second-order valence-corrected chi connectivity index (χ2v) is 5.59. The Balaban J connectivity index is 1.30. The highest BCUT2D eigenvalue weighted by molar-refractivity contribution is 5.92. The monoisotopic (exact) mass is 336 g/mol. The highest BCUT2D eigenvalue weighted by Gasteiger charge is 2.14. The first-order valence-corrected chi connectivity index (χ1v) is 8.00. The smallest absolute Gasteiger partial charge is 0.273 e. The number of carbonyl (C=O) groups excluding carboxylic acids is 1. The second-order valence-electron chi connectivity index (χ2n) is 5.59. The maximum Gasteiger partial charge on any atom is 0.273 e. The minimum atomic E-state index is -0.267. The first-order valence-electron chi connectivity index (χ1n) is 8.00. The zero-order valence-corrected chi connectivity index (χ0v) is 13.4. The normalized spacial score (nSPS) is 11.0. The number of furan rings is 1. The summed E-state index contributed by atoms with van der Waals surface area (Å²) in [6, 6.07) is 13.0. The Kier molecular flexibility index (Phi) is 4.04. The van der Waals surface area contributed by atoms with Gasteiger partial charge in [-0.1, -0.05) is 17.3 Å². The van der Waals surface area contributed by atoms with Crippen LogP contribution in [0.4, 0.5) is 0 Å². The lowest BCUT2D eigenvalue weighted by Gasteiger charge is -2.05. The summed E-state index contributed by atoms with van der Waals surface area (Å²) in [6.45, 7) is 1.31. The van der Waals surface area contributed by atoms with Crippen molar-refractivity contribution in [2.45, 2.75) is 13.0 Å². The van der Waals surface area contributed by atoms with Crippen LogP contribution in [-0.2, 0) is 6.54 Å². The summed E-state index contributed by atoms with van der Waals surface area (Å²) in [7, 11) is 0. The number of aromatic nitrogens is 3. The number of imidazole rings is 1. The maximum absolute atomic E-state index is 12.1. The fourth-order valence-corrected chi connectivity index (χ4v) is 2.65. The highest BCUT2D eigenvalue weighted by atomic mass is 16.5. The molecule has 0 saturated carbocycles. The summed E-state index contributed by atoms with van der Waals surface area (Å²) in [5.41, 5.74) is 2.30. The van der Waals surface area contributed by atoms with Gasteiger partial charge in [0.25, 0.3) is 5.91 Å². The summed E-state index contributed by atoms with van der Waals surface area (Å²) in [5.74, 6) is 0.704. The molecule has 3 heterocycles. The summed E-state index contributed by atoms with van der Waals surface area (Å²) in [5, 5.41) is 6.62. The van der Waals surface area contributed by atoms with Crippen LogP contribution in [0.2, 0.25) is 0 Å². The van der Waals surface area contributed by atoms with E-state index in [1.165, 1.54) is 6.26 Å². The molecule has 126 valence electrons. The Labute approximate surface area is 143 Å². The molecule has 1 aromatic carbocycles. The molecule has 0 fully saturated rings. The van der Waals surface area contributed by atoms with E-state index >= 15 is 0 Å². The van der Waals surface area contributed by atoms with Crippen LogP contribution < -0.4 is 5.32 Å². The Morgan fingerprint density at radius 3 is 2.96 bits per heavy atom. The van der Waals surface area contributed by atoms with Crippen LogP contribution in [0, 0.1) is 0 Å². The molecule has 4 aromatic rings. The van der Waals surface area contributed by atoms with Crippen LogP contribution in [-0.4, -0.2) is 27.2 Å². The lowest BCUT2D eigenvalue weighted by Crippen LogP contribution is -2.25. The van der Waals surface area contributed by atoms with Gasteiger partial charge in [-0.2, -0.15) is 0 Å². The van der Waals surface area contributed by atoms with Crippen LogP contribution in [0.3, 0.4) is 0 Å². The molecule has 0 bridgehead atoms. The fraction of sp³-hybridized carbons (Fsp3) is 0.167. The van der Waals surface area contributed by atoms with Gasteiger partial charge in [0.05, 0.1) is 23.6 Å². The average Bonchev–Trinajstić information content (AvgIpc) is 3.38. The lowest BCUT2D eigenvalue weighted by molar-refractivity contribution is 0.0944. The van der Waals surface area contributed by atoms with E-state index in [-0.39, 0.29) is 11.6 Å². The van der Waals surface area contributed by atoms with Gasteiger partial charge in [-0.3, -0.25) is 4.79 Å². The molecule has 1 amide bonds. The predicted molar refractivity (Wildman–Crippen MR) is 90.9 cm³/mol. The van der Waals surface area contributed by atoms with Crippen molar-refractivity contribution in [3.05, 3.63) is 60.7 Å². The van der Waals surface area contributed by atoms with E-state index in [2.05, 4.69) is 20.0 Å². The van der Waals surface area contributed by atoms with Gasteiger partial charge in [0.2, 0.25) is 5.76 Å². The molecule has 0 spiro atoms. The van der Waals surface area contributed by atoms with Crippen molar-refractivity contribution < 1.29 is 13.7 Å². The topological polar surface area (TPSA) is 86.1 Å². The molecular weight excluding hydrogens is 320 g/mol. The number of rotatable bonds is 6. The van der Waals surface area contributed by atoms with Gasteiger partial charge in [0.1, 0.15) is 0 Å². The van der Waals surface area contributed by atoms with Gasteiger partial charge in [-0.25, -0.2) is 4.98 Å². The number of carbonyl (C=O) groups is 1. The first kappa shape index (κ1) is 15.2. The summed E-state index contributed by atoms with van der Waals surface area (Å²) in [4.78, 5) is 16.5. The SMILES string of the molecule is O=C(NCCCn1cnc2ccccc21)c1cc(-c2ccco2)on1. The molecule has 3 aromatic heterocycles. The number of benzene rings is 1. The van der Waals surface area contributed by atoms with Crippen molar-refractivity contribution in [1.82, 2.24) is 20.0 Å². The highest BCUT2D eigenvalue weighted by Crippen LogP contribution is 2.20. The molecule has 25 heavy (non-hydrogen) atoms. The molecule has 7 nitrogen and oxygen atoms in total. The van der Waals surface area contributed by atoms with Crippen molar-refractivity contribution in [3.8, 4) is 11.5 Å². The molecule has 1 N–H and O–H groups in total. The summed E-state index contributed by atoms with van der Waals surface area (Å²) < 4.78 is 12.4. The fourth-order valence-electron chi connectivity index (χ4n) is 2.65. The van der Waals surface area contributed by atoms with E-state index in [9.17, 15) is 4.79 Å². The zero-order chi connectivity index (χ0) is 17.1. The minimum absolute atomic E-state index is 0.236. The van der Waals surface area contributed by atoms with Gasteiger partial charge < -0.3 is 18.8 Å². The molecule has 0 aliphatic carbocycles. The molecule has 0 unspecified atom stereocenters. The predicted octanol–water partition coefficient (Wildman–Crippen LogP) is 3.10. The Bertz CT molecular complexity index is 985. The Morgan fingerprint density at radius 1 is 1.16 bits per heavy atom. The second kappa shape index (κ2) is 6.64. The van der Waals surface area contributed by atoms with Crippen LogP contribution in [0.15, 0.2) is 64.0 Å². The largest absolute Gasteiger partial charge is 0.461 e. The number of nitrogens with zero attached hydrogens (tertiary/aromatic N) is 3. The molecular formula is C18H16N4O3. The van der Waals surface area contributed by atoms with Gasteiger partial charge in [-0.15, -0.1) is 0 Å². The lowest BCUT2D eigenvalue weighted by atomic mass is 10.3. The average molecular weight is 336 g/mol. The number of para-hydroxylation sites is 2. The standard InChI is InChI=1S/C18H16N4O3/c23-18(14-11-17(25-21-14)16-7-3-10-24-16)19-8-4-9-22-12-20-13-5-1-2-6-15(13)22/h1-3,5-7,10-12H,4,8-9H2,(H,19,23). The van der Waals surface area contributed by atoms with E-state index in [4.69, 9.17) is 8.94 Å². The number of nitrogens with one attached hydrogen (secondary N) is 1. The third-order valence-electron chi connectivity index (χ3n) is 3.90. The molecule has 0 saturated heterocycles. The zero-order valence-electron chi connectivity index (χ0n) is 13.4. The van der Waals surface area contributed by atoms with E-state index < -0.39 is 0 Å². The third-order valence-corrected chi connectivity index (χ3v) is 3.90. The quantitative estimate of drug-likeness (QED) is 0.547. The summed E-state index contributed by atoms with van der Waals surface area (Å²) >= 11 is 0. The van der Waals surface area contributed by atoms with Crippen molar-refractivity contribution in [3.63, 3.8) is 0 Å². The number of hydrogen-bond donors (Lipinski definition) is 1. The third kappa shape index (κ3) is 3.16. The van der Waals surface area contributed by atoms with Crippen LogP contribution in [0.25, 0.3) is 22.6 Å². The Hall–Kier alpha value is -3.35. The minimum Gasteiger partial charge on any atom is -0.461 e. The Morgan fingerprint density at radius 2 is 2.08 bits per heavy atom. The van der Waals surface area contributed by atoms with E-state index in [1.54, 1.807) is 18.2 Å². The van der Waals surface area contributed by atoms with Crippen molar-refractivity contribution in [2.75, 3.05) is 6.54 Å². The number of fused-ring (bicyclic) bond motifs is 1. The molecule has 0 atom stereocenters. The van der Waals surface area contributed by atoms with Crippen molar-refractivity contribution in [1.29, 1.82) is 0 Å². The number of hydrogen-bond acceptors (Lipinski definition) is 5. The van der Waals surface area contributed by atoms with E-state index in [0.717, 1.165) is 24.0 Å². The first-order chi connectivity index (χ1) is 12.3. The van der Waals surface area contributed by atoms with Gasteiger partial charge in [0.15, 0.2) is 11.5 Å². The number of amides is 1. The van der Waals surface area contributed by atoms with Crippen LogP contribution in [0.5, 0.6) is 0 Å². The molecule has 0 aliphatic heterocycles. The van der Waals surface area contributed by atoms with Gasteiger partial charge >= 0.3 is 0 Å². The van der Waals surface area contributed by atoms with Crippen molar-refractivity contribution in [2.24, 2.45) is 0 Å². The maximum atomic E-state index is 12.1. The van der Waals surface area contributed by atoms with E-state index in [0.29, 0.717) is 18.1 Å².